The maximum absolute atomic E-state index is 13.3. The number of halogens is 1. The Kier molecular flexibility index (Phi) is 5.08. The Morgan fingerprint density at radius 3 is 2.63 bits per heavy atom. The summed E-state index contributed by atoms with van der Waals surface area (Å²) in [5.41, 5.74) is -0.152. The number of carbonyl (C=O) groups excluding carboxylic acids is 1. The second-order valence-electron chi connectivity index (χ2n) is 6.63. The zero-order chi connectivity index (χ0) is 19.8. The number of sulfonamides is 1. The van der Waals surface area contributed by atoms with Gasteiger partial charge in [0.2, 0.25) is 10.0 Å². The van der Waals surface area contributed by atoms with Gasteiger partial charge < -0.3 is 19.7 Å². The van der Waals surface area contributed by atoms with E-state index in [1.54, 1.807) is 6.92 Å². The summed E-state index contributed by atoms with van der Waals surface area (Å²) in [4.78, 5) is 12.4. The molecule has 0 unspecified atom stereocenters. The quantitative estimate of drug-likeness (QED) is 0.667. The molecule has 0 atom stereocenters. The van der Waals surface area contributed by atoms with Gasteiger partial charge in [0, 0.05) is 18.9 Å². The molecule has 0 bridgehead atoms. The van der Waals surface area contributed by atoms with Crippen LogP contribution >= 0.6 is 0 Å². The molecule has 0 saturated carbocycles. The highest BCUT2D eigenvalue weighted by atomic mass is 32.2. The topological polar surface area (TPSA) is 110 Å². The standard InChI is InChI=1S/C17H20FN3O5S/c1-11-5-12(3-4-14(11)18)19-16(23)15-6-13(7-21(15)2)27(24,25)20-17(8-22)9-26-10-17/h3-7,20,22H,8-10H2,1-2H3,(H,19,23). The lowest BCUT2D eigenvalue weighted by molar-refractivity contribution is -0.0858. The highest BCUT2D eigenvalue weighted by Crippen LogP contribution is 2.22. The summed E-state index contributed by atoms with van der Waals surface area (Å²) in [5.74, 6) is -0.919. The maximum atomic E-state index is 13.3. The number of hydrogen-bond acceptors (Lipinski definition) is 5. The number of amides is 1. The van der Waals surface area contributed by atoms with Gasteiger partial charge in [-0.3, -0.25) is 4.79 Å². The maximum Gasteiger partial charge on any atom is 0.272 e. The van der Waals surface area contributed by atoms with Crippen LogP contribution in [0.4, 0.5) is 10.1 Å². The number of aromatic nitrogens is 1. The molecule has 1 aliphatic rings. The van der Waals surface area contributed by atoms with Gasteiger partial charge in [0.25, 0.3) is 5.91 Å². The molecule has 1 amide bonds. The van der Waals surface area contributed by atoms with Gasteiger partial charge in [0.05, 0.1) is 19.8 Å². The largest absolute Gasteiger partial charge is 0.394 e. The number of ether oxygens (including phenoxy) is 1. The third-order valence-corrected chi connectivity index (χ3v) is 5.89. The number of rotatable bonds is 6. The van der Waals surface area contributed by atoms with E-state index in [2.05, 4.69) is 10.0 Å². The lowest BCUT2D eigenvalue weighted by Crippen LogP contribution is -2.64. The molecule has 0 spiro atoms. The Morgan fingerprint density at radius 1 is 1.37 bits per heavy atom. The van der Waals surface area contributed by atoms with E-state index < -0.39 is 28.1 Å². The normalized spacial score (nSPS) is 16.0. The van der Waals surface area contributed by atoms with Gasteiger partial charge in [-0.2, -0.15) is 4.72 Å². The molecule has 146 valence electrons. The van der Waals surface area contributed by atoms with Gasteiger partial charge in [0.15, 0.2) is 0 Å². The number of nitrogens with one attached hydrogen (secondary N) is 2. The lowest BCUT2D eigenvalue weighted by Gasteiger charge is -2.39. The minimum Gasteiger partial charge on any atom is -0.394 e. The Bertz CT molecular complexity index is 977. The van der Waals surface area contributed by atoms with Crippen molar-refractivity contribution in [2.75, 3.05) is 25.1 Å². The summed E-state index contributed by atoms with van der Waals surface area (Å²) in [5, 5.41) is 12.0. The Balaban J connectivity index is 1.81. The summed E-state index contributed by atoms with van der Waals surface area (Å²) < 4.78 is 47.2. The van der Waals surface area contributed by atoms with Crippen molar-refractivity contribution in [3.63, 3.8) is 0 Å². The third-order valence-electron chi connectivity index (χ3n) is 4.35. The van der Waals surface area contributed by atoms with E-state index in [1.807, 2.05) is 0 Å². The van der Waals surface area contributed by atoms with Crippen LogP contribution in [0.3, 0.4) is 0 Å². The van der Waals surface area contributed by atoms with Crippen molar-refractivity contribution in [1.82, 2.24) is 9.29 Å². The predicted molar refractivity (Wildman–Crippen MR) is 95.5 cm³/mol. The van der Waals surface area contributed by atoms with E-state index in [9.17, 15) is 22.7 Å². The number of hydrogen-bond donors (Lipinski definition) is 3. The third kappa shape index (κ3) is 3.88. The van der Waals surface area contributed by atoms with Crippen LogP contribution in [-0.2, 0) is 21.8 Å². The van der Waals surface area contributed by atoms with Crippen LogP contribution < -0.4 is 10.0 Å². The fourth-order valence-corrected chi connectivity index (χ4v) is 4.13. The minimum atomic E-state index is -3.95. The first kappa shape index (κ1) is 19.5. The SMILES string of the molecule is Cc1cc(NC(=O)c2cc(S(=O)(=O)NC3(CO)COC3)cn2C)ccc1F. The van der Waals surface area contributed by atoms with Crippen LogP contribution in [0.5, 0.6) is 0 Å². The van der Waals surface area contributed by atoms with Crippen LogP contribution in [-0.4, -0.2) is 49.4 Å². The second-order valence-corrected chi connectivity index (χ2v) is 8.31. The van der Waals surface area contributed by atoms with Gasteiger partial charge in [-0.05, 0) is 36.8 Å². The van der Waals surface area contributed by atoms with E-state index in [1.165, 1.54) is 42.1 Å². The summed E-state index contributed by atoms with van der Waals surface area (Å²) in [6.07, 6.45) is 1.30. The molecule has 3 rings (SSSR count). The van der Waals surface area contributed by atoms with Gasteiger partial charge in [-0.25, -0.2) is 12.8 Å². The molecule has 1 fully saturated rings. The molecule has 1 aromatic carbocycles. The fourth-order valence-electron chi connectivity index (χ4n) is 2.70. The smallest absolute Gasteiger partial charge is 0.272 e. The van der Waals surface area contributed by atoms with Crippen molar-refractivity contribution in [3.05, 3.63) is 47.5 Å². The van der Waals surface area contributed by atoms with E-state index >= 15 is 0 Å². The predicted octanol–water partition coefficient (Wildman–Crippen LogP) is 0.765. The number of nitrogens with zero attached hydrogens (tertiary/aromatic N) is 1. The monoisotopic (exact) mass is 397 g/mol. The molecule has 2 aromatic rings. The van der Waals surface area contributed by atoms with Crippen molar-refractivity contribution in [3.8, 4) is 0 Å². The minimum absolute atomic E-state index is 0.0762. The van der Waals surface area contributed by atoms with Crippen molar-refractivity contribution < 1.29 is 27.4 Å². The first-order chi connectivity index (χ1) is 12.7. The molecular weight excluding hydrogens is 377 g/mol. The second kappa shape index (κ2) is 7.04. The van der Waals surface area contributed by atoms with Gasteiger partial charge in [0.1, 0.15) is 21.9 Å². The molecule has 10 heteroatoms. The van der Waals surface area contributed by atoms with E-state index in [0.29, 0.717) is 11.3 Å². The number of carbonyl (C=O) groups is 1. The number of anilines is 1. The zero-order valence-electron chi connectivity index (χ0n) is 14.8. The Morgan fingerprint density at radius 2 is 2.07 bits per heavy atom. The molecule has 8 nitrogen and oxygen atoms in total. The van der Waals surface area contributed by atoms with Crippen LogP contribution in [0, 0.1) is 12.7 Å². The van der Waals surface area contributed by atoms with Gasteiger partial charge >= 0.3 is 0 Å². The molecule has 2 heterocycles. The van der Waals surface area contributed by atoms with Crippen molar-refractivity contribution in [1.29, 1.82) is 0 Å². The summed E-state index contributed by atoms with van der Waals surface area (Å²) in [6.45, 7) is 1.33. The van der Waals surface area contributed by atoms with Crippen molar-refractivity contribution >= 4 is 21.6 Å². The molecule has 1 aromatic heterocycles. The molecule has 0 aliphatic carbocycles. The van der Waals surface area contributed by atoms with E-state index in [4.69, 9.17) is 4.74 Å². The van der Waals surface area contributed by atoms with Gasteiger partial charge in [-0.15, -0.1) is 0 Å². The Labute approximate surface area is 156 Å². The highest BCUT2D eigenvalue weighted by Gasteiger charge is 2.42. The lowest BCUT2D eigenvalue weighted by atomic mass is 10.0. The Hall–Kier alpha value is -2.27. The number of aliphatic hydroxyl groups excluding tert-OH is 1. The van der Waals surface area contributed by atoms with Crippen LogP contribution in [0.25, 0.3) is 0 Å². The number of aryl methyl sites for hydroxylation is 2. The highest BCUT2D eigenvalue weighted by molar-refractivity contribution is 7.89. The number of benzene rings is 1. The summed E-state index contributed by atoms with van der Waals surface area (Å²) >= 11 is 0. The van der Waals surface area contributed by atoms with Crippen molar-refractivity contribution in [2.24, 2.45) is 7.05 Å². The summed E-state index contributed by atoms with van der Waals surface area (Å²) in [6, 6.07) is 5.38. The van der Waals surface area contributed by atoms with E-state index in [0.717, 1.165) is 0 Å². The van der Waals surface area contributed by atoms with E-state index in [-0.39, 0.29) is 29.6 Å². The average molecular weight is 397 g/mol. The molecule has 1 aliphatic heterocycles. The molecule has 3 N–H and O–H groups in total. The average Bonchev–Trinajstić information content (AvgIpc) is 2.97. The van der Waals surface area contributed by atoms with Crippen LogP contribution in [0.1, 0.15) is 16.1 Å². The first-order valence-electron chi connectivity index (χ1n) is 8.12. The van der Waals surface area contributed by atoms with Gasteiger partial charge in [-0.1, -0.05) is 0 Å². The molecule has 1 saturated heterocycles. The zero-order valence-corrected chi connectivity index (χ0v) is 15.6. The number of aliphatic hydroxyl groups is 1. The first-order valence-corrected chi connectivity index (χ1v) is 9.61. The van der Waals surface area contributed by atoms with Crippen molar-refractivity contribution in [2.45, 2.75) is 17.4 Å². The molecule has 0 radical (unpaired) electrons. The fraction of sp³-hybridized carbons (Fsp3) is 0.353. The summed E-state index contributed by atoms with van der Waals surface area (Å²) in [7, 11) is -2.41. The molecule has 27 heavy (non-hydrogen) atoms. The van der Waals surface area contributed by atoms with Crippen LogP contribution in [0.15, 0.2) is 35.4 Å². The molecular formula is C17H20FN3O5S. The van der Waals surface area contributed by atoms with Crippen LogP contribution in [0.2, 0.25) is 0 Å².